The number of nitrogens with zero attached hydrogens (tertiary/aromatic N) is 2. The zero-order chi connectivity index (χ0) is 24.5. The van der Waals surface area contributed by atoms with Gasteiger partial charge in [-0.25, -0.2) is 9.82 Å². The lowest BCUT2D eigenvalue weighted by Crippen LogP contribution is -2.25. The second kappa shape index (κ2) is 11.9. The molecule has 0 radical (unpaired) electrons. The maximum Gasteiger partial charge on any atom is 0.269 e. The van der Waals surface area contributed by atoms with Gasteiger partial charge in [0.15, 0.2) is 11.5 Å². The van der Waals surface area contributed by atoms with E-state index >= 15 is 0 Å². The first-order valence-corrected chi connectivity index (χ1v) is 11.0. The number of rotatable bonds is 10. The highest BCUT2D eigenvalue weighted by atomic mass is 127. The van der Waals surface area contributed by atoms with E-state index in [0.717, 1.165) is 9.13 Å². The van der Waals surface area contributed by atoms with Crippen molar-refractivity contribution in [2.24, 2.45) is 5.10 Å². The van der Waals surface area contributed by atoms with Crippen LogP contribution in [0.15, 0.2) is 65.8 Å². The van der Waals surface area contributed by atoms with E-state index in [4.69, 9.17) is 9.47 Å². The molecule has 0 saturated heterocycles. The second-order valence-electron chi connectivity index (χ2n) is 6.90. The highest BCUT2D eigenvalue weighted by Crippen LogP contribution is 2.34. The number of amides is 1. The van der Waals surface area contributed by atoms with Crippen molar-refractivity contribution in [1.29, 1.82) is 0 Å². The number of hydrogen-bond donors (Lipinski definition) is 2. The number of carbonyl (C=O) groups is 1. The van der Waals surface area contributed by atoms with E-state index < -0.39 is 4.92 Å². The van der Waals surface area contributed by atoms with Crippen LogP contribution in [0.2, 0.25) is 0 Å². The monoisotopic (exact) mass is 578 g/mol. The lowest BCUT2D eigenvalue weighted by atomic mass is 10.2. The molecule has 3 aromatic carbocycles. The number of ether oxygens (including phenoxy) is 2. The number of benzene rings is 3. The second-order valence-corrected chi connectivity index (χ2v) is 8.06. The third kappa shape index (κ3) is 7.13. The van der Waals surface area contributed by atoms with Crippen LogP contribution in [0.25, 0.3) is 0 Å². The number of hydrazone groups is 1. The summed E-state index contributed by atoms with van der Waals surface area (Å²) in [6.45, 7) is 0.175. The molecule has 0 bridgehead atoms. The van der Waals surface area contributed by atoms with E-state index in [1.807, 2.05) is 0 Å². The van der Waals surface area contributed by atoms with Crippen molar-refractivity contribution < 1.29 is 23.6 Å². The van der Waals surface area contributed by atoms with Crippen molar-refractivity contribution in [3.05, 3.63) is 91.3 Å². The molecule has 0 aliphatic rings. The van der Waals surface area contributed by atoms with E-state index in [-0.39, 0.29) is 30.6 Å². The molecule has 0 fully saturated rings. The number of nitro groups is 1. The topological polar surface area (TPSA) is 115 Å². The number of halogens is 2. The molecule has 0 saturated carbocycles. The Morgan fingerprint density at radius 3 is 2.53 bits per heavy atom. The predicted octanol–water partition coefficient (Wildman–Crippen LogP) is 4.49. The summed E-state index contributed by atoms with van der Waals surface area (Å²) in [6, 6.07) is 15.3. The Bertz CT molecular complexity index is 1190. The Balaban J connectivity index is 1.57. The molecule has 0 aliphatic heterocycles. The Morgan fingerprint density at radius 1 is 1.18 bits per heavy atom. The van der Waals surface area contributed by atoms with E-state index in [0.29, 0.717) is 22.7 Å². The lowest BCUT2D eigenvalue weighted by molar-refractivity contribution is -0.384. The van der Waals surface area contributed by atoms with Gasteiger partial charge in [0.25, 0.3) is 11.6 Å². The first-order valence-electron chi connectivity index (χ1n) is 9.90. The molecule has 11 heteroatoms. The van der Waals surface area contributed by atoms with Crippen LogP contribution in [-0.2, 0) is 11.4 Å². The summed E-state index contributed by atoms with van der Waals surface area (Å²) < 4.78 is 25.0. The van der Waals surface area contributed by atoms with Gasteiger partial charge < -0.3 is 14.8 Å². The van der Waals surface area contributed by atoms with Crippen LogP contribution in [0.1, 0.15) is 11.1 Å². The fraction of sp³-hybridized carbons (Fsp3) is 0.130. The van der Waals surface area contributed by atoms with E-state index in [1.165, 1.54) is 49.7 Å². The summed E-state index contributed by atoms with van der Waals surface area (Å²) in [7, 11) is 1.51. The summed E-state index contributed by atoms with van der Waals surface area (Å²) >= 11 is 2.10. The van der Waals surface area contributed by atoms with Gasteiger partial charge in [0, 0.05) is 17.8 Å². The average Bonchev–Trinajstić information content (AvgIpc) is 2.83. The number of nitro benzene ring substituents is 1. The quantitative estimate of drug-likeness (QED) is 0.159. The zero-order valence-electron chi connectivity index (χ0n) is 18.0. The summed E-state index contributed by atoms with van der Waals surface area (Å²) in [5.41, 5.74) is 4.49. The molecule has 176 valence electrons. The van der Waals surface area contributed by atoms with Gasteiger partial charge in [-0.3, -0.25) is 14.9 Å². The number of hydrogen-bond acceptors (Lipinski definition) is 7. The third-order valence-corrected chi connectivity index (χ3v) is 5.28. The molecule has 1 amide bonds. The molecule has 2 N–H and O–H groups in total. The molecule has 3 aromatic rings. The highest BCUT2D eigenvalue weighted by Gasteiger charge is 2.12. The van der Waals surface area contributed by atoms with Crippen molar-refractivity contribution in [2.45, 2.75) is 6.61 Å². The Labute approximate surface area is 208 Å². The molecule has 9 nitrogen and oxygen atoms in total. The van der Waals surface area contributed by atoms with Gasteiger partial charge in [0.05, 0.1) is 28.4 Å². The van der Waals surface area contributed by atoms with Crippen LogP contribution < -0.4 is 20.2 Å². The van der Waals surface area contributed by atoms with Gasteiger partial charge in [0.2, 0.25) is 0 Å². The van der Waals surface area contributed by atoms with Crippen LogP contribution in [0.4, 0.5) is 15.8 Å². The van der Waals surface area contributed by atoms with Crippen molar-refractivity contribution >= 4 is 46.1 Å². The highest BCUT2D eigenvalue weighted by molar-refractivity contribution is 14.1. The molecular weight excluding hydrogens is 558 g/mol. The van der Waals surface area contributed by atoms with Crippen molar-refractivity contribution in [1.82, 2.24) is 5.43 Å². The molecule has 0 unspecified atom stereocenters. The molecule has 34 heavy (non-hydrogen) atoms. The van der Waals surface area contributed by atoms with E-state index in [1.54, 1.807) is 24.3 Å². The van der Waals surface area contributed by atoms with Gasteiger partial charge in [-0.15, -0.1) is 0 Å². The van der Waals surface area contributed by atoms with E-state index in [2.05, 4.69) is 38.4 Å². The number of methoxy groups -OCH3 is 1. The number of carbonyl (C=O) groups excluding carboxylic acids is 1. The fourth-order valence-electron chi connectivity index (χ4n) is 2.79. The van der Waals surface area contributed by atoms with Crippen LogP contribution in [0, 0.1) is 19.5 Å². The third-order valence-electron chi connectivity index (χ3n) is 4.48. The number of non-ortho nitro benzene ring substituents is 1. The Kier molecular flexibility index (Phi) is 8.73. The summed E-state index contributed by atoms with van der Waals surface area (Å²) in [6.07, 6.45) is 1.47. The average molecular weight is 578 g/mol. The van der Waals surface area contributed by atoms with Gasteiger partial charge >= 0.3 is 0 Å². The van der Waals surface area contributed by atoms with Crippen LogP contribution >= 0.6 is 22.6 Å². The van der Waals surface area contributed by atoms with Gasteiger partial charge in [-0.05, 0) is 82.2 Å². The van der Waals surface area contributed by atoms with Crippen molar-refractivity contribution in [3.63, 3.8) is 0 Å². The summed E-state index contributed by atoms with van der Waals surface area (Å²) in [5.74, 6) is 0.267. The van der Waals surface area contributed by atoms with E-state index in [9.17, 15) is 19.3 Å². The van der Waals surface area contributed by atoms with Gasteiger partial charge in [-0.2, -0.15) is 5.10 Å². The maximum absolute atomic E-state index is 12.9. The first kappa shape index (κ1) is 24.9. The van der Waals surface area contributed by atoms with Crippen LogP contribution in [0.5, 0.6) is 11.5 Å². The smallest absolute Gasteiger partial charge is 0.269 e. The largest absolute Gasteiger partial charge is 0.493 e. The maximum atomic E-state index is 12.9. The Morgan fingerprint density at radius 2 is 1.88 bits per heavy atom. The molecule has 0 aromatic heterocycles. The van der Waals surface area contributed by atoms with Gasteiger partial charge in [0.1, 0.15) is 12.4 Å². The minimum absolute atomic E-state index is 0.0119. The number of nitrogens with one attached hydrogen (secondary N) is 2. The first-order chi connectivity index (χ1) is 16.4. The minimum Gasteiger partial charge on any atom is -0.493 e. The van der Waals surface area contributed by atoms with Crippen molar-refractivity contribution in [2.75, 3.05) is 19.0 Å². The molecular formula is C23H20FIN4O5. The van der Waals surface area contributed by atoms with Gasteiger partial charge in [-0.1, -0.05) is 0 Å². The molecule has 0 heterocycles. The normalized spacial score (nSPS) is 10.7. The van der Waals surface area contributed by atoms with Crippen LogP contribution in [0.3, 0.4) is 0 Å². The summed E-state index contributed by atoms with van der Waals surface area (Å²) in [5, 5.41) is 17.6. The Hall–Kier alpha value is -3.74. The van der Waals surface area contributed by atoms with Crippen molar-refractivity contribution in [3.8, 4) is 11.5 Å². The molecule has 3 rings (SSSR count). The fourth-order valence-corrected chi connectivity index (χ4v) is 3.57. The van der Waals surface area contributed by atoms with Crippen LogP contribution in [-0.4, -0.2) is 30.7 Å². The molecule has 0 spiro atoms. The minimum atomic E-state index is -0.457. The zero-order valence-corrected chi connectivity index (χ0v) is 20.1. The lowest BCUT2D eigenvalue weighted by Gasteiger charge is -2.13. The standard InChI is InChI=1S/C23H20FIN4O5/c1-33-21-11-16(12-27-28-22(30)13-26-18-6-4-17(24)5-7-18)10-20(25)23(21)34-14-15-2-8-19(9-3-15)29(31)32/h2-12,26H,13-14H2,1H3,(H,28,30)/b27-12-. The number of anilines is 1. The summed E-state index contributed by atoms with van der Waals surface area (Å²) in [4.78, 5) is 22.3. The molecule has 0 atom stereocenters. The predicted molar refractivity (Wildman–Crippen MR) is 134 cm³/mol. The molecule has 0 aliphatic carbocycles. The SMILES string of the molecule is COc1cc(/C=N\NC(=O)CNc2ccc(F)cc2)cc(I)c1OCc1ccc([N+](=O)[O-])cc1.